The summed E-state index contributed by atoms with van der Waals surface area (Å²) in [6.45, 7) is 0. The van der Waals surface area contributed by atoms with Gasteiger partial charge in [0.05, 0.1) is 28.7 Å². The molecule has 0 saturated heterocycles. The molecule has 2 aliphatic carbocycles. The lowest BCUT2D eigenvalue weighted by atomic mass is 9.95. The van der Waals surface area contributed by atoms with Gasteiger partial charge in [0, 0.05) is 23.6 Å². The molecule has 4 aromatic rings. The lowest BCUT2D eigenvalue weighted by molar-refractivity contribution is 0.00545. The number of pyridine rings is 1. The van der Waals surface area contributed by atoms with E-state index in [1.54, 1.807) is 0 Å². The number of aryl methyl sites for hydroxylation is 2. The van der Waals surface area contributed by atoms with E-state index in [0.29, 0.717) is 30.7 Å². The van der Waals surface area contributed by atoms with Gasteiger partial charge in [-0.1, -0.05) is 12.1 Å². The van der Waals surface area contributed by atoms with Crippen LogP contribution in [0, 0.1) is 5.92 Å². The van der Waals surface area contributed by atoms with Crippen molar-refractivity contribution < 1.29 is 15.0 Å². The van der Waals surface area contributed by atoms with Gasteiger partial charge >= 0.3 is 0 Å². The molecule has 0 amide bonds. The second-order valence-electron chi connectivity index (χ2n) is 9.24. The van der Waals surface area contributed by atoms with Gasteiger partial charge in [-0.3, -0.25) is 9.78 Å². The number of rotatable bonds is 4. The third-order valence-electron chi connectivity index (χ3n) is 7.32. The molecule has 1 aromatic carbocycles. The van der Waals surface area contributed by atoms with Crippen LogP contribution in [0.5, 0.6) is 0 Å². The summed E-state index contributed by atoms with van der Waals surface area (Å²) in [6.07, 6.45) is 5.03. The molecule has 0 aliphatic heterocycles. The van der Waals surface area contributed by atoms with Crippen LogP contribution in [0.25, 0.3) is 21.9 Å². The zero-order chi connectivity index (χ0) is 22.7. The van der Waals surface area contributed by atoms with Crippen molar-refractivity contribution in [3.05, 3.63) is 59.7 Å². The molecule has 3 heterocycles. The Balaban J connectivity index is 1.20. The summed E-state index contributed by atoms with van der Waals surface area (Å²) >= 11 is 0. The van der Waals surface area contributed by atoms with Crippen LogP contribution in [0.1, 0.15) is 46.9 Å². The Labute approximate surface area is 190 Å². The minimum Gasteiger partial charge on any atom is -0.390 e. The molecule has 2 aliphatic rings. The highest BCUT2D eigenvalue weighted by Gasteiger charge is 2.42. The zero-order valence-corrected chi connectivity index (χ0v) is 18.1. The molecule has 8 nitrogen and oxygen atoms in total. The van der Waals surface area contributed by atoms with Crippen molar-refractivity contribution in [1.82, 2.24) is 19.5 Å². The number of carbonyl (C=O) groups excluding carboxylic acids is 1. The fourth-order valence-corrected chi connectivity index (χ4v) is 5.48. The highest BCUT2D eigenvalue weighted by atomic mass is 16.3. The summed E-state index contributed by atoms with van der Waals surface area (Å²) in [5.41, 5.74) is 10.3. The van der Waals surface area contributed by atoms with Crippen molar-refractivity contribution in [2.45, 2.75) is 50.4 Å². The van der Waals surface area contributed by atoms with E-state index in [-0.39, 0.29) is 17.7 Å². The molecule has 8 heteroatoms. The van der Waals surface area contributed by atoms with Crippen LogP contribution in [-0.2, 0) is 12.8 Å². The second kappa shape index (κ2) is 7.60. The fraction of sp³-hybridized carbons (Fsp3) is 0.360. The van der Waals surface area contributed by atoms with Crippen LogP contribution < -0.4 is 5.73 Å². The lowest BCUT2D eigenvalue weighted by Crippen LogP contribution is -2.29. The number of fused-ring (bicyclic) bond motifs is 3. The first-order chi connectivity index (χ1) is 16.0. The van der Waals surface area contributed by atoms with Gasteiger partial charge < -0.3 is 20.5 Å². The molecular weight excluding hydrogens is 418 g/mol. The summed E-state index contributed by atoms with van der Waals surface area (Å²) in [7, 11) is 0. The number of aliphatic hydroxyl groups is 2. The van der Waals surface area contributed by atoms with Gasteiger partial charge in [-0.05, 0) is 55.4 Å². The van der Waals surface area contributed by atoms with Crippen LogP contribution in [0.3, 0.4) is 0 Å². The molecule has 3 aromatic heterocycles. The van der Waals surface area contributed by atoms with E-state index >= 15 is 0 Å². The van der Waals surface area contributed by atoms with Gasteiger partial charge in [-0.2, -0.15) is 0 Å². The molecule has 1 saturated carbocycles. The van der Waals surface area contributed by atoms with E-state index in [9.17, 15) is 15.0 Å². The minimum atomic E-state index is -0.875. The first-order valence-electron chi connectivity index (χ1n) is 11.4. The predicted molar refractivity (Wildman–Crippen MR) is 124 cm³/mol. The maximum Gasteiger partial charge on any atom is 0.165 e. The van der Waals surface area contributed by atoms with Gasteiger partial charge in [0.1, 0.15) is 23.9 Å². The Kier molecular flexibility index (Phi) is 4.67. The summed E-state index contributed by atoms with van der Waals surface area (Å²) in [4.78, 5) is 25.1. The predicted octanol–water partition coefficient (Wildman–Crippen LogP) is 2.61. The third-order valence-corrected chi connectivity index (χ3v) is 7.32. The first-order valence-corrected chi connectivity index (χ1v) is 11.4. The Bertz CT molecular complexity index is 1400. The van der Waals surface area contributed by atoms with Crippen molar-refractivity contribution in [3.63, 3.8) is 0 Å². The molecule has 6 rings (SSSR count). The summed E-state index contributed by atoms with van der Waals surface area (Å²) in [5.74, 6) is 0.544. The lowest BCUT2D eigenvalue weighted by Gasteiger charge is -2.19. The average molecular weight is 444 g/mol. The number of carbonyl (C=O) groups is 1. The van der Waals surface area contributed by atoms with Crippen molar-refractivity contribution in [1.29, 1.82) is 0 Å². The SMILES string of the molecule is Nc1ncnc2c1ccn2[C@@H]1C[C@H](CCc2ccc3cc4c(nc3c2)CCC4=O)[C@@H](O)[C@H]1O. The Morgan fingerprint density at radius 1 is 1.09 bits per heavy atom. The van der Waals surface area contributed by atoms with Gasteiger partial charge in [0.15, 0.2) is 5.78 Å². The average Bonchev–Trinajstić information content (AvgIpc) is 3.48. The smallest absolute Gasteiger partial charge is 0.165 e. The third kappa shape index (κ3) is 3.29. The number of nitrogens with two attached hydrogens (primary N) is 1. The quantitative estimate of drug-likeness (QED) is 0.442. The van der Waals surface area contributed by atoms with E-state index in [4.69, 9.17) is 10.7 Å². The standard InChI is InChI=1S/C25H25N5O3/c26-24-16-7-8-30(25(16)28-12-27-24)20-11-15(22(32)23(20)33)4-2-13-1-3-14-10-17-18(5-6-21(17)31)29-19(14)9-13/h1,3,7-10,12,15,20,22-23,32-33H,2,4-6,11H2,(H2,26,27,28)/t15-,20+,22+,23-/m0/s1. The van der Waals surface area contributed by atoms with Crippen LogP contribution in [0.2, 0.25) is 0 Å². The van der Waals surface area contributed by atoms with Crippen LogP contribution in [0.15, 0.2) is 42.9 Å². The van der Waals surface area contributed by atoms with E-state index in [2.05, 4.69) is 22.1 Å². The van der Waals surface area contributed by atoms with Crippen molar-refractivity contribution >= 4 is 33.5 Å². The normalized spacial score (nSPS) is 24.7. The molecule has 0 unspecified atom stereocenters. The van der Waals surface area contributed by atoms with Gasteiger partial charge in [0.25, 0.3) is 0 Å². The topological polar surface area (TPSA) is 127 Å². The number of anilines is 1. The molecule has 4 atom stereocenters. The van der Waals surface area contributed by atoms with Crippen LogP contribution in [-0.4, -0.2) is 47.7 Å². The maximum atomic E-state index is 12.0. The number of nitrogens with zero attached hydrogens (tertiary/aromatic N) is 4. The van der Waals surface area contributed by atoms with Crippen molar-refractivity contribution in [2.24, 2.45) is 5.92 Å². The summed E-state index contributed by atoms with van der Waals surface area (Å²) < 4.78 is 1.91. The molecule has 4 N–H and O–H groups in total. The van der Waals surface area contributed by atoms with Crippen LogP contribution >= 0.6 is 0 Å². The number of ketones is 1. The molecule has 33 heavy (non-hydrogen) atoms. The van der Waals surface area contributed by atoms with Crippen LogP contribution in [0.4, 0.5) is 5.82 Å². The second-order valence-corrected chi connectivity index (χ2v) is 9.24. The highest BCUT2D eigenvalue weighted by molar-refractivity contribution is 6.02. The van der Waals surface area contributed by atoms with E-state index in [1.807, 2.05) is 29.0 Å². The number of Topliss-reactive ketones (excluding diaryl/α,β-unsaturated/α-hetero) is 1. The number of benzene rings is 1. The van der Waals surface area contributed by atoms with E-state index < -0.39 is 12.2 Å². The molecule has 0 spiro atoms. The van der Waals surface area contributed by atoms with Gasteiger partial charge in [-0.25, -0.2) is 9.97 Å². The molecule has 1 fully saturated rings. The Morgan fingerprint density at radius 3 is 2.85 bits per heavy atom. The number of nitrogen functional groups attached to an aromatic ring is 1. The van der Waals surface area contributed by atoms with Gasteiger partial charge in [0.2, 0.25) is 0 Å². The zero-order valence-electron chi connectivity index (χ0n) is 18.1. The number of hydrogen-bond acceptors (Lipinski definition) is 7. The number of aliphatic hydroxyl groups excluding tert-OH is 2. The maximum absolute atomic E-state index is 12.0. The summed E-state index contributed by atoms with van der Waals surface area (Å²) in [6, 6.07) is 9.69. The minimum absolute atomic E-state index is 0.0390. The number of hydrogen-bond donors (Lipinski definition) is 3. The van der Waals surface area contributed by atoms with Crippen molar-refractivity contribution in [2.75, 3.05) is 5.73 Å². The molecule has 0 radical (unpaired) electrons. The Hall–Kier alpha value is -3.36. The highest BCUT2D eigenvalue weighted by Crippen LogP contribution is 2.39. The Morgan fingerprint density at radius 2 is 1.97 bits per heavy atom. The van der Waals surface area contributed by atoms with E-state index in [1.165, 1.54) is 6.33 Å². The molecule has 168 valence electrons. The largest absolute Gasteiger partial charge is 0.390 e. The summed E-state index contributed by atoms with van der Waals surface area (Å²) in [5, 5.41) is 23.3. The first kappa shape index (κ1) is 20.3. The van der Waals surface area contributed by atoms with Gasteiger partial charge in [-0.15, -0.1) is 0 Å². The number of aromatic nitrogens is 4. The molecule has 0 bridgehead atoms. The molecular formula is C25H25N5O3. The monoisotopic (exact) mass is 443 g/mol. The van der Waals surface area contributed by atoms with E-state index in [0.717, 1.165) is 46.0 Å². The van der Waals surface area contributed by atoms with Crippen molar-refractivity contribution in [3.8, 4) is 0 Å². The fourth-order valence-electron chi connectivity index (χ4n) is 5.48.